The molecule has 1 saturated heterocycles. The molecule has 0 aromatic heterocycles. The van der Waals surface area contributed by atoms with Crippen LogP contribution in [0.5, 0.6) is 0 Å². The van der Waals surface area contributed by atoms with E-state index in [4.69, 9.17) is 4.84 Å². The average Bonchev–Trinajstić information content (AvgIpc) is 2.86. The number of nitrogens with one attached hydrogen (secondary N) is 1. The summed E-state index contributed by atoms with van der Waals surface area (Å²) in [5.41, 5.74) is 1.50. The number of nitrogens with zero attached hydrogens (tertiary/aromatic N) is 1. The van der Waals surface area contributed by atoms with Crippen LogP contribution in [0, 0.1) is 5.92 Å². The van der Waals surface area contributed by atoms with Crippen molar-refractivity contribution in [3.05, 3.63) is 29.8 Å². The number of hydrogen-bond acceptors (Lipinski definition) is 3. The summed E-state index contributed by atoms with van der Waals surface area (Å²) in [5, 5.41) is 0. The summed E-state index contributed by atoms with van der Waals surface area (Å²) in [7, 11) is 0. The van der Waals surface area contributed by atoms with Gasteiger partial charge in [0.1, 0.15) is 0 Å². The van der Waals surface area contributed by atoms with E-state index in [0.717, 1.165) is 12.1 Å². The minimum absolute atomic E-state index is 0.0268. The number of hydrogen-bond donors (Lipinski definition) is 1. The molecule has 8 heteroatoms. The smallest absolute Gasteiger partial charge is 0.312 e. The summed E-state index contributed by atoms with van der Waals surface area (Å²) >= 11 is 0. The van der Waals surface area contributed by atoms with Crippen LogP contribution in [-0.4, -0.2) is 25.0 Å². The van der Waals surface area contributed by atoms with Crippen molar-refractivity contribution in [3.63, 3.8) is 0 Å². The molecule has 1 aromatic rings. The van der Waals surface area contributed by atoms with Crippen molar-refractivity contribution in [1.29, 1.82) is 0 Å². The molecular weight excluding hydrogens is 301 g/mol. The molecule has 120 valence electrons. The second-order valence-electron chi connectivity index (χ2n) is 4.85. The fraction of sp³-hybridized carbons (Fsp3) is 0.429. The van der Waals surface area contributed by atoms with E-state index in [-0.39, 0.29) is 25.3 Å². The van der Waals surface area contributed by atoms with Gasteiger partial charge in [0.2, 0.25) is 11.8 Å². The summed E-state index contributed by atoms with van der Waals surface area (Å²) in [5.74, 6) is -1.49. The maximum atomic E-state index is 12.7. The molecule has 2 rings (SSSR count). The number of carbonyl (C=O) groups is 2. The maximum absolute atomic E-state index is 12.7. The summed E-state index contributed by atoms with van der Waals surface area (Å²) in [6.07, 6.45) is -4.54. The lowest BCUT2D eigenvalue weighted by Gasteiger charge is -2.18. The summed E-state index contributed by atoms with van der Waals surface area (Å²) in [6, 6.07) is 4.49. The number of carbonyl (C=O) groups excluding carboxylic acids is 2. The number of rotatable bonds is 4. The lowest BCUT2D eigenvalue weighted by Crippen LogP contribution is -2.33. The van der Waals surface area contributed by atoms with E-state index in [9.17, 15) is 22.8 Å². The van der Waals surface area contributed by atoms with Crippen molar-refractivity contribution < 1.29 is 27.6 Å². The first kappa shape index (κ1) is 16.3. The van der Waals surface area contributed by atoms with Crippen molar-refractivity contribution in [3.8, 4) is 0 Å². The molecule has 22 heavy (non-hydrogen) atoms. The van der Waals surface area contributed by atoms with Crippen molar-refractivity contribution in [2.45, 2.75) is 19.5 Å². The predicted molar refractivity (Wildman–Crippen MR) is 71.7 cm³/mol. The third-order valence-corrected chi connectivity index (χ3v) is 3.30. The maximum Gasteiger partial charge on any atom is 0.416 e. The summed E-state index contributed by atoms with van der Waals surface area (Å²) in [6.45, 7) is 2.00. The standard InChI is InChI=1S/C14H15F3N2O3/c1-2-22-18-13(21)9-6-12(20)19(8-9)11-5-3-4-10(7-11)14(15,16)17/h3-5,7,9H,2,6,8H2,1H3,(H,18,21)/t9-/m1/s1. The van der Waals surface area contributed by atoms with Crippen molar-refractivity contribution in [2.75, 3.05) is 18.1 Å². The van der Waals surface area contributed by atoms with Crippen LogP contribution in [0.15, 0.2) is 24.3 Å². The van der Waals surface area contributed by atoms with Gasteiger partial charge in [0.15, 0.2) is 0 Å². The molecule has 0 radical (unpaired) electrons. The Kier molecular flexibility index (Phi) is 4.70. The second kappa shape index (κ2) is 6.35. The van der Waals surface area contributed by atoms with Crippen LogP contribution in [0.25, 0.3) is 0 Å². The fourth-order valence-electron chi connectivity index (χ4n) is 2.21. The van der Waals surface area contributed by atoms with Gasteiger partial charge in [-0.3, -0.25) is 14.4 Å². The molecule has 0 bridgehead atoms. The van der Waals surface area contributed by atoms with E-state index >= 15 is 0 Å². The van der Waals surface area contributed by atoms with Gasteiger partial charge in [-0.1, -0.05) is 6.07 Å². The molecule has 1 fully saturated rings. The molecule has 1 heterocycles. The van der Waals surface area contributed by atoms with E-state index in [0.29, 0.717) is 0 Å². The number of benzene rings is 1. The highest BCUT2D eigenvalue weighted by atomic mass is 19.4. The Morgan fingerprint density at radius 1 is 1.45 bits per heavy atom. The van der Waals surface area contributed by atoms with Gasteiger partial charge < -0.3 is 4.90 Å². The van der Waals surface area contributed by atoms with E-state index in [1.165, 1.54) is 17.0 Å². The van der Waals surface area contributed by atoms with Crippen LogP contribution < -0.4 is 10.4 Å². The van der Waals surface area contributed by atoms with Gasteiger partial charge in [-0.15, -0.1) is 0 Å². The van der Waals surface area contributed by atoms with E-state index in [1.54, 1.807) is 6.92 Å². The zero-order chi connectivity index (χ0) is 16.3. The third kappa shape index (κ3) is 3.56. The largest absolute Gasteiger partial charge is 0.416 e. The Hall–Kier alpha value is -2.09. The van der Waals surface area contributed by atoms with Gasteiger partial charge in [0.05, 0.1) is 18.1 Å². The monoisotopic (exact) mass is 316 g/mol. The second-order valence-corrected chi connectivity index (χ2v) is 4.85. The fourth-order valence-corrected chi connectivity index (χ4v) is 2.21. The Morgan fingerprint density at radius 2 is 2.18 bits per heavy atom. The first-order valence-corrected chi connectivity index (χ1v) is 6.72. The molecule has 1 aliphatic heterocycles. The van der Waals surface area contributed by atoms with Gasteiger partial charge in [-0.05, 0) is 25.1 Å². The number of hydroxylamine groups is 1. The normalized spacial score (nSPS) is 18.6. The van der Waals surface area contributed by atoms with Crippen LogP contribution in [0.1, 0.15) is 18.9 Å². The topological polar surface area (TPSA) is 58.6 Å². The molecule has 1 atom stereocenters. The van der Waals surface area contributed by atoms with Crippen LogP contribution in [-0.2, 0) is 20.6 Å². The molecule has 0 spiro atoms. The van der Waals surface area contributed by atoms with E-state index in [1.807, 2.05) is 0 Å². The van der Waals surface area contributed by atoms with Gasteiger partial charge in [0.25, 0.3) is 0 Å². The van der Waals surface area contributed by atoms with Gasteiger partial charge in [0, 0.05) is 18.7 Å². The number of amides is 2. The first-order valence-electron chi connectivity index (χ1n) is 6.72. The molecule has 0 unspecified atom stereocenters. The highest BCUT2D eigenvalue weighted by Gasteiger charge is 2.37. The molecule has 1 aliphatic rings. The highest BCUT2D eigenvalue weighted by Crippen LogP contribution is 2.33. The Balaban J connectivity index is 2.13. The number of anilines is 1. The minimum atomic E-state index is -4.48. The van der Waals surface area contributed by atoms with E-state index in [2.05, 4.69) is 5.48 Å². The molecule has 1 N–H and O–H groups in total. The number of halogens is 3. The lowest BCUT2D eigenvalue weighted by atomic mass is 10.1. The summed E-state index contributed by atoms with van der Waals surface area (Å²) in [4.78, 5) is 29.7. The van der Waals surface area contributed by atoms with Crippen molar-refractivity contribution in [1.82, 2.24) is 5.48 Å². The van der Waals surface area contributed by atoms with Gasteiger partial charge in [-0.25, -0.2) is 5.48 Å². The summed E-state index contributed by atoms with van der Waals surface area (Å²) < 4.78 is 38.1. The van der Waals surface area contributed by atoms with Crippen LogP contribution in [0.3, 0.4) is 0 Å². The average molecular weight is 316 g/mol. The van der Waals surface area contributed by atoms with Gasteiger partial charge >= 0.3 is 6.18 Å². The SMILES string of the molecule is CCONC(=O)[C@@H]1CC(=O)N(c2cccc(C(F)(F)F)c2)C1. The third-order valence-electron chi connectivity index (χ3n) is 3.30. The van der Waals surface area contributed by atoms with Crippen LogP contribution >= 0.6 is 0 Å². The molecule has 0 aliphatic carbocycles. The Labute approximate surface area is 125 Å². The molecular formula is C14H15F3N2O3. The molecule has 0 saturated carbocycles. The van der Waals surface area contributed by atoms with Crippen LogP contribution in [0.4, 0.5) is 18.9 Å². The highest BCUT2D eigenvalue weighted by molar-refractivity contribution is 6.00. The molecule has 2 amide bonds. The molecule has 5 nitrogen and oxygen atoms in total. The van der Waals surface area contributed by atoms with Gasteiger partial charge in [-0.2, -0.15) is 13.2 Å². The Morgan fingerprint density at radius 3 is 2.82 bits per heavy atom. The zero-order valence-corrected chi connectivity index (χ0v) is 11.8. The first-order chi connectivity index (χ1) is 10.3. The predicted octanol–water partition coefficient (Wildman–Crippen LogP) is 2.13. The minimum Gasteiger partial charge on any atom is -0.312 e. The Bertz CT molecular complexity index is 575. The van der Waals surface area contributed by atoms with Crippen molar-refractivity contribution >= 4 is 17.5 Å². The number of alkyl halides is 3. The van der Waals surface area contributed by atoms with Crippen LogP contribution in [0.2, 0.25) is 0 Å². The molecule has 1 aromatic carbocycles. The van der Waals surface area contributed by atoms with Crippen molar-refractivity contribution in [2.24, 2.45) is 5.92 Å². The quantitative estimate of drug-likeness (QED) is 0.866. The zero-order valence-electron chi connectivity index (χ0n) is 11.8. The lowest BCUT2D eigenvalue weighted by molar-refractivity contribution is -0.138. The van der Waals surface area contributed by atoms with E-state index < -0.39 is 29.5 Å².